The van der Waals surface area contributed by atoms with Gasteiger partial charge in [-0.25, -0.2) is 9.78 Å². The normalized spacial score (nSPS) is 17.3. The zero-order valence-electron chi connectivity index (χ0n) is 14.0. The molecule has 0 saturated carbocycles. The minimum atomic E-state index is -0.921. The van der Waals surface area contributed by atoms with Crippen LogP contribution in [0, 0.1) is 6.92 Å². The molecule has 1 aliphatic heterocycles. The Labute approximate surface area is 139 Å². The van der Waals surface area contributed by atoms with Crippen LogP contribution in [-0.2, 0) is 7.05 Å². The lowest BCUT2D eigenvalue weighted by Crippen LogP contribution is -2.38. The lowest BCUT2D eigenvalue weighted by molar-refractivity contribution is 0.142. The predicted molar refractivity (Wildman–Crippen MR) is 89.8 cm³/mol. The number of carbonyl (C=O) groups is 1. The molecule has 24 heavy (non-hydrogen) atoms. The molecule has 1 aliphatic rings. The van der Waals surface area contributed by atoms with E-state index < -0.39 is 6.09 Å². The number of hydrogen-bond acceptors (Lipinski definition) is 6. The van der Waals surface area contributed by atoms with Gasteiger partial charge in [0.25, 0.3) is 0 Å². The maximum Gasteiger partial charge on any atom is 0.407 e. The van der Waals surface area contributed by atoms with E-state index in [1.807, 2.05) is 31.1 Å². The molecule has 0 spiro atoms. The second kappa shape index (κ2) is 5.99. The van der Waals surface area contributed by atoms with Gasteiger partial charge in [-0.05, 0) is 13.3 Å². The van der Waals surface area contributed by atoms with Crippen LogP contribution in [0.25, 0.3) is 11.3 Å². The molecule has 1 amide bonds. The highest BCUT2D eigenvalue weighted by Gasteiger charge is 2.29. The molecule has 2 aromatic rings. The van der Waals surface area contributed by atoms with Crippen molar-refractivity contribution in [3.63, 3.8) is 0 Å². The second-order valence-corrected chi connectivity index (χ2v) is 6.05. The van der Waals surface area contributed by atoms with E-state index in [1.165, 1.54) is 4.90 Å². The van der Waals surface area contributed by atoms with Crippen molar-refractivity contribution in [2.45, 2.75) is 19.4 Å². The molecule has 1 atom stereocenters. The van der Waals surface area contributed by atoms with Gasteiger partial charge in [0.05, 0.1) is 17.4 Å². The molecule has 2 aromatic heterocycles. The van der Waals surface area contributed by atoms with Crippen LogP contribution in [0.5, 0.6) is 0 Å². The second-order valence-electron chi connectivity index (χ2n) is 6.05. The molecule has 1 unspecified atom stereocenters. The van der Waals surface area contributed by atoms with Gasteiger partial charge in [0, 0.05) is 45.0 Å². The summed E-state index contributed by atoms with van der Waals surface area (Å²) in [4.78, 5) is 23.1. The van der Waals surface area contributed by atoms with Crippen LogP contribution in [0.2, 0.25) is 0 Å². The van der Waals surface area contributed by atoms with Crippen LogP contribution in [0.3, 0.4) is 0 Å². The number of carboxylic acid groups (broad SMARTS) is 1. The minimum Gasteiger partial charge on any atom is -0.465 e. The van der Waals surface area contributed by atoms with Crippen molar-refractivity contribution in [2.75, 3.05) is 30.8 Å². The van der Waals surface area contributed by atoms with Crippen molar-refractivity contribution < 1.29 is 9.90 Å². The van der Waals surface area contributed by atoms with Gasteiger partial charge in [-0.2, -0.15) is 10.1 Å². The highest BCUT2D eigenvalue weighted by atomic mass is 16.4. The van der Waals surface area contributed by atoms with E-state index >= 15 is 0 Å². The first-order valence-corrected chi connectivity index (χ1v) is 7.71. The number of aryl methyl sites for hydroxylation is 2. The summed E-state index contributed by atoms with van der Waals surface area (Å²) in [7, 11) is 3.45. The Bertz CT molecular complexity index is 773. The molecule has 128 valence electrons. The summed E-state index contributed by atoms with van der Waals surface area (Å²) in [6, 6.07) is 1.83. The molecule has 0 aromatic carbocycles. The molecule has 0 bridgehead atoms. The van der Waals surface area contributed by atoms with E-state index in [0.717, 1.165) is 29.9 Å². The molecule has 1 fully saturated rings. The Hall–Kier alpha value is -2.84. The van der Waals surface area contributed by atoms with E-state index in [9.17, 15) is 4.79 Å². The topological polar surface area (TPSA) is 113 Å². The van der Waals surface area contributed by atoms with Crippen molar-refractivity contribution >= 4 is 17.9 Å². The average Bonchev–Trinajstić information content (AvgIpc) is 3.12. The Morgan fingerprint density at radius 3 is 2.83 bits per heavy atom. The standard InChI is InChI=1S/C15H21N7O2/c1-9-11(8-20(2)19-9)12-6-13(18-14(16)17-12)22-5-4-10(7-22)21(3)15(23)24/h6,8,10H,4-5,7H2,1-3H3,(H,23,24)(H2,16,17,18). The van der Waals surface area contributed by atoms with Gasteiger partial charge in [-0.15, -0.1) is 0 Å². The summed E-state index contributed by atoms with van der Waals surface area (Å²) in [5.41, 5.74) is 8.38. The lowest BCUT2D eigenvalue weighted by atomic mass is 10.2. The molecular formula is C15H21N7O2. The number of anilines is 2. The van der Waals surface area contributed by atoms with Crippen molar-refractivity contribution in [1.29, 1.82) is 0 Å². The SMILES string of the molecule is Cc1nn(C)cc1-c1cc(N2CCC(N(C)C(=O)O)C2)nc(N)n1. The summed E-state index contributed by atoms with van der Waals surface area (Å²) in [5.74, 6) is 0.905. The van der Waals surface area contributed by atoms with E-state index in [1.54, 1.807) is 11.7 Å². The van der Waals surface area contributed by atoms with Crippen molar-refractivity contribution in [1.82, 2.24) is 24.6 Å². The molecule has 9 heteroatoms. The quantitative estimate of drug-likeness (QED) is 0.861. The minimum absolute atomic E-state index is 0.0535. The maximum atomic E-state index is 11.1. The number of likely N-dealkylation sites (N-methyl/N-ethyl adjacent to an activating group) is 1. The van der Waals surface area contributed by atoms with E-state index in [4.69, 9.17) is 10.8 Å². The fourth-order valence-corrected chi connectivity index (χ4v) is 3.03. The zero-order valence-corrected chi connectivity index (χ0v) is 14.0. The van der Waals surface area contributed by atoms with Crippen LogP contribution in [0.15, 0.2) is 12.3 Å². The van der Waals surface area contributed by atoms with Crippen molar-refractivity contribution in [3.8, 4) is 11.3 Å². The van der Waals surface area contributed by atoms with Gasteiger partial charge in [-0.1, -0.05) is 0 Å². The lowest BCUT2D eigenvalue weighted by Gasteiger charge is -2.22. The molecule has 9 nitrogen and oxygen atoms in total. The molecule has 1 saturated heterocycles. The fourth-order valence-electron chi connectivity index (χ4n) is 3.03. The largest absolute Gasteiger partial charge is 0.465 e. The van der Waals surface area contributed by atoms with Crippen LogP contribution >= 0.6 is 0 Å². The summed E-state index contributed by atoms with van der Waals surface area (Å²) in [5, 5.41) is 13.5. The summed E-state index contributed by atoms with van der Waals surface area (Å²) < 4.78 is 1.73. The van der Waals surface area contributed by atoms with E-state index in [0.29, 0.717) is 12.4 Å². The van der Waals surface area contributed by atoms with Gasteiger partial charge in [0.2, 0.25) is 5.95 Å². The first-order valence-electron chi connectivity index (χ1n) is 7.71. The van der Waals surface area contributed by atoms with Crippen LogP contribution in [0.4, 0.5) is 16.6 Å². The van der Waals surface area contributed by atoms with Crippen molar-refractivity contribution in [2.24, 2.45) is 7.05 Å². The maximum absolute atomic E-state index is 11.1. The summed E-state index contributed by atoms with van der Waals surface area (Å²) in [6.07, 6.45) is 1.73. The number of rotatable bonds is 3. The highest BCUT2D eigenvalue weighted by molar-refractivity contribution is 5.67. The summed E-state index contributed by atoms with van der Waals surface area (Å²) in [6.45, 7) is 3.23. The number of amides is 1. The first kappa shape index (κ1) is 16.0. The van der Waals surface area contributed by atoms with Gasteiger partial charge in [0.1, 0.15) is 5.82 Å². The number of nitrogen functional groups attached to an aromatic ring is 1. The predicted octanol–water partition coefficient (Wildman–Crippen LogP) is 0.956. The van der Waals surface area contributed by atoms with Gasteiger partial charge < -0.3 is 20.6 Å². The third-order valence-electron chi connectivity index (χ3n) is 4.36. The monoisotopic (exact) mass is 331 g/mol. The number of nitrogens with zero attached hydrogens (tertiary/aromatic N) is 6. The molecule has 0 radical (unpaired) electrons. The molecule has 3 heterocycles. The number of nitrogens with two attached hydrogens (primary N) is 1. The molecule has 3 rings (SSSR count). The Balaban J connectivity index is 1.88. The third-order valence-corrected chi connectivity index (χ3v) is 4.36. The van der Waals surface area contributed by atoms with Crippen LogP contribution in [-0.4, -0.2) is 62.0 Å². The average molecular weight is 331 g/mol. The van der Waals surface area contributed by atoms with Gasteiger partial charge in [-0.3, -0.25) is 4.68 Å². The molecule has 3 N–H and O–H groups in total. The molecular weight excluding hydrogens is 310 g/mol. The zero-order chi connectivity index (χ0) is 17.4. The van der Waals surface area contributed by atoms with Crippen molar-refractivity contribution in [3.05, 3.63) is 18.0 Å². The van der Waals surface area contributed by atoms with Crippen LogP contribution in [0.1, 0.15) is 12.1 Å². The van der Waals surface area contributed by atoms with E-state index in [-0.39, 0.29) is 12.0 Å². The third kappa shape index (κ3) is 2.97. The smallest absolute Gasteiger partial charge is 0.407 e. The first-order chi connectivity index (χ1) is 11.3. The van der Waals surface area contributed by atoms with Crippen LogP contribution < -0.4 is 10.6 Å². The van der Waals surface area contributed by atoms with Gasteiger partial charge >= 0.3 is 6.09 Å². The number of aromatic nitrogens is 4. The fraction of sp³-hybridized carbons (Fsp3) is 0.467. The Morgan fingerprint density at radius 2 is 2.21 bits per heavy atom. The highest BCUT2D eigenvalue weighted by Crippen LogP contribution is 2.27. The summed E-state index contributed by atoms with van der Waals surface area (Å²) >= 11 is 0. The number of hydrogen-bond donors (Lipinski definition) is 2. The Kier molecular flexibility index (Phi) is 4.00. The van der Waals surface area contributed by atoms with E-state index in [2.05, 4.69) is 15.1 Å². The Morgan fingerprint density at radius 1 is 1.46 bits per heavy atom. The molecule has 0 aliphatic carbocycles. The van der Waals surface area contributed by atoms with Gasteiger partial charge in [0.15, 0.2) is 0 Å².